The summed E-state index contributed by atoms with van der Waals surface area (Å²) in [7, 11) is 3.66. The zero-order valence-corrected chi connectivity index (χ0v) is 20.3. The van der Waals surface area contributed by atoms with Gasteiger partial charge in [0, 0.05) is 23.5 Å². The molecule has 3 aromatic carbocycles. The molecule has 0 saturated heterocycles. The molecular weight excluding hydrogens is 474 g/mol. The molecule has 0 saturated carbocycles. The highest BCUT2D eigenvalue weighted by molar-refractivity contribution is 5.99. The van der Waals surface area contributed by atoms with Crippen LogP contribution < -0.4 is 24.8 Å². The molecule has 0 spiro atoms. The Labute approximate surface area is 212 Å². The molecular formula is C26H25N7O4. The molecule has 2 amide bonds. The zero-order valence-electron chi connectivity index (χ0n) is 20.3. The summed E-state index contributed by atoms with van der Waals surface area (Å²) in [4.78, 5) is 14.7. The minimum Gasteiger partial charge on any atom is -0.492 e. The second-order valence-corrected chi connectivity index (χ2v) is 8.79. The normalized spacial score (nSPS) is 16.2. The zero-order chi connectivity index (χ0) is 25.4. The summed E-state index contributed by atoms with van der Waals surface area (Å²) in [5.74, 6) is 2.53. The van der Waals surface area contributed by atoms with Crippen LogP contribution in [0.2, 0.25) is 0 Å². The van der Waals surface area contributed by atoms with E-state index in [9.17, 15) is 4.79 Å². The number of nitrogens with zero attached hydrogens (tertiary/aromatic N) is 5. The molecule has 4 aromatic rings. The molecule has 0 bridgehead atoms. The van der Waals surface area contributed by atoms with E-state index in [2.05, 4.69) is 31.1 Å². The van der Waals surface area contributed by atoms with E-state index in [1.54, 1.807) is 11.8 Å². The number of hydrogen-bond acceptors (Lipinski definition) is 8. The number of tetrazole rings is 1. The fourth-order valence-corrected chi connectivity index (χ4v) is 4.84. The molecule has 2 aliphatic heterocycles. The number of anilines is 2. The molecule has 0 aliphatic carbocycles. The van der Waals surface area contributed by atoms with Gasteiger partial charge in [0.2, 0.25) is 12.5 Å². The smallest absolute Gasteiger partial charge is 0.323 e. The predicted octanol–water partition coefficient (Wildman–Crippen LogP) is 3.62. The number of hydrogen-bond donors (Lipinski definition) is 2. The second-order valence-electron chi connectivity index (χ2n) is 8.79. The van der Waals surface area contributed by atoms with Gasteiger partial charge < -0.3 is 24.8 Å². The van der Waals surface area contributed by atoms with Gasteiger partial charge in [0.15, 0.2) is 17.3 Å². The van der Waals surface area contributed by atoms with Crippen LogP contribution in [0.4, 0.5) is 16.2 Å². The van der Waals surface area contributed by atoms with Crippen molar-refractivity contribution in [1.29, 1.82) is 0 Å². The molecule has 2 N–H and O–H groups in total. The number of aromatic nitrogens is 4. The number of amides is 2. The van der Waals surface area contributed by atoms with Gasteiger partial charge in [0.25, 0.3) is 0 Å². The lowest BCUT2D eigenvalue weighted by Crippen LogP contribution is -2.35. The minimum absolute atomic E-state index is 0.157. The molecule has 1 atom stereocenters. The SMILES string of the molecule is COc1c2c(cc3c1[C@H](c1nnnn1-c1cccc(NC(=O)Nc4ccccc4)c1)N(C)CC3)OCO2. The first kappa shape index (κ1) is 22.8. The Bertz CT molecular complexity index is 1460. The number of para-hydroxylation sites is 1. The first-order valence-corrected chi connectivity index (χ1v) is 11.8. The van der Waals surface area contributed by atoms with E-state index in [1.165, 1.54) is 0 Å². The van der Waals surface area contributed by atoms with E-state index < -0.39 is 0 Å². The molecule has 2 aliphatic rings. The molecule has 0 unspecified atom stereocenters. The third kappa shape index (κ3) is 4.19. The third-order valence-electron chi connectivity index (χ3n) is 6.51. The second kappa shape index (κ2) is 9.43. The monoisotopic (exact) mass is 499 g/mol. The van der Waals surface area contributed by atoms with Crippen LogP contribution in [0.5, 0.6) is 17.2 Å². The van der Waals surface area contributed by atoms with Crippen LogP contribution in [-0.4, -0.2) is 58.6 Å². The first-order valence-electron chi connectivity index (χ1n) is 11.8. The summed E-state index contributed by atoms with van der Waals surface area (Å²) in [5, 5.41) is 18.4. The first-order chi connectivity index (χ1) is 18.1. The molecule has 6 rings (SSSR count). The number of carbonyl (C=O) groups is 1. The lowest BCUT2D eigenvalue weighted by molar-refractivity contribution is 0.170. The van der Waals surface area contributed by atoms with E-state index in [0.29, 0.717) is 40.1 Å². The fourth-order valence-electron chi connectivity index (χ4n) is 4.84. The number of methoxy groups -OCH3 is 1. The van der Waals surface area contributed by atoms with Gasteiger partial charge in [0.05, 0.1) is 12.8 Å². The Balaban J connectivity index is 1.34. The maximum absolute atomic E-state index is 12.5. The average Bonchev–Trinajstić information content (AvgIpc) is 3.58. The maximum Gasteiger partial charge on any atom is 0.323 e. The van der Waals surface area contributed by atoms with E-state index in [1.807, 2.05) is 67.7 Å². The van der Waals surface area contributed by atoms with Crippen LogP contribution in [-0.2, 0) is 6.42 Å². The quantitative estimate of drug-likeness (QED) is 0.428. The molecule has 1 aromatic heterocycles. The number of ether oxygens (including phenoxy) is 3. The highest BCUT2D eigenvalue weighted by Gasteiger charge is 2.37. The van der Waals surface area contributed by atoms with Crippen molar-refractivity contribution in [3.05, 3.63) is 77.6 Å². The maximum atomic E-state index is 12.5. The number of carbonyl (C=O) groups excluding carboxylic acids is 1. The topological polar surface area (TPSA) is 116 Å². The summed E-state index contributed by atoms with van der Waals surface area (Å²) in [6.45, 7) is 0.957. The number of rotatable bonds is 5. The van der Waals surface area contributed by atoms with Crippen LogP contribution in [0.3, 0.4) is 0 Å². The van der Waals surface area contributed by atoms with Crippen molar-refractivity contribution in [1.82, 2.24) is 25.1 Å². The van der Waals surface area contributed by atoms with Crippen molar-refractivity contribution in [2.24, 2.45) is 0 Å². The van der Waals surface area contributed by atoms with Crippen molar-refractivity contribution in [3.8, 4) is 22.9 Å². The number of urea groups is 1. The van der Waals surface area contributed by atoms with Gasteiger partial charge in [-0.05, 0) is 65.9 Å². The average molecular weight is 500 g/mol. The molecule has 11 heteroatoms. The van der Waals surface area contributed by atoms with Crippen LogP contribution in [0, 0.1) is 0 Å². The van der Waals surface area contributed by atoms with Gasteiger partial charge in [-0.2, -0.15) is 4.68 Å². The standard InChI is InChI=1S/C26H25N7O4/c1-32-12-11-16-13-20-23(37-15-36-20)24(35-2)21(16)22(32)25-29-30-31-33(25)19-10-6-9-18(14-19)28-26(34)27-17-7-4-3-5-8-17/h3-10,13-14,22H,11-12,15H2,1-2H3,(H2,27,28,34)/t22-/m1/s1. The van der Waals surface area contributed by atoms with Gasteiger partial charge in [-0.15, -0.1) is 5.10 Å². The molecule has 11 nitrogen and oxygen atoms in total. The summed E-state index contributed by atoms with van der Waals surface area (Å²) >= 11 is 0. The van der Waals surface area contributed by atoms with Gasteiger partial charge in [0.1, 0.15) is 6.04 Å². The highest BCUT2D eigenvalue weighted by Crippen LogP contribution is 2.50. The van der Waals surface area contributed by atoms with E-state index in [0.717, 1.165) is 24.1 Å². The molecule has 3 heterocycles. The third-order valence-corrected chi connectivity index (χ3v) is 6.51. The Morgan fingerprint density at radius 1 is 1.05 bits per heavy atom. The highest BCUT2D eigenvalue weighted by atomic mass is 16.7. The Morgan fingerprint density at radius 3 is 2.70 bits per heavy atom. The fraction of sp³-hybridized carbons (Fsp3) is 0.231. The van der Waals surface area contributed by atoms with Crippen molar-refractivity contribution < 1.29 is 19.0 Å². The van der Waals surface area contributed by atoms with E-state index >= 15 is 0 Å². The van der Waals surface area contributed by atoms with Crippen molar-refractivity contribution >= 4 is 17.4 Å². The van der Waals surface area contributed by atoms with Gasteiger partial charge in [-0.1, -0.05) is 24.3 Å². The number of benzene rings is 3. The molecule has 0 radical (unpaired) electrons. The van der Waals surface area contributed by atoms with Crippen LogP contribution in [0.15, 0.2) is 60.7 Å². The predicted molar refractivity (Wildman–Crippen MR) is 136 cm³/mol. The summed E-state index contributed by atoms with van der Waals surface area (Å²) < 4.78 is 18.9. The van der Waals surface area contributed by atoms with Crippen molar-refractivity contribution in [3.63, 3.8) is 0 Å². The van der Waals surface area contributed by atoms with Crippen molar-refractivity contribution in [2.75, 3.05) is 38.1 Å². The van der Waals surface area contributed by atoms with Gasteiger partial charge in [-0.3, -0.25) is 4.90 Å². The van der Waals surface area contributed by atoms with Crippen LogP contribution in [0.1, 0.15) is 23.0 Å². The van der Waals surface area contributed by atoms with Crippen LogP contribution in [0.25, 0.3) is 5.69 Å². The Hall–Kier alpha value is -4.64. The van der Waals surface area contributed by atoms with Gasteiger partial charge >= 0.3 is 6.03 Å². The van der Waals surface area contributed by atoms with Crippen LogP contribution >= 0.6 is 0 Å². The Kier molecular flexibility index (Phi) is 5.81. The molecule has 0 fully saturated rings. The van der Waals surface area contributed by atoms with Crippen molar-refractivity contribution in [2.45, 2.75) is 12.5 Å². The largest absolute Gasteiger partial charge is 0.492 e. The minimum atomic E-state index is -0.345. The summed E-state index contributed by atoms with van der Waals surface area (Å²) in [6, 6.07) is 18.0. The number of fused-ring (bicyclic) bond motifs is 2. The number of nitrogens with one attached hydrogen (secondary N) is 2. The lowest BCUT2D eigenvalue weighted by atomic mass is 9.90. The van der Waals surface area contributed by atoms with E-state index in [-0.39, 0.29) is 18.9 Å². The molecule has 188 valence electrons. The van der Waals surface area contributed by atoms with E-state index in [4.69, 9.17) is 14.2 Å². The summed E-state index contributed by atoms with van der Waals surface area (Å²) in [6.07, 6.45) is 0.826. The molecule has 37 heavy (non-hydrogen) atoms. The Morgan fingerprint density at radius 2 is 1.86 bits per heavy atom. The van der Waals surface area contributed by atoms with Gasteiger partial charge in [-0.25, -0.2) is 4.79 Å². The summed E-state index contributed by atoms with van der Waals surface area (Å²) in [5.41, 5.74) is 4.07. The number of likely N-dealkylation sites (N-methyl/N-ethyl adjacent to an activating group) is 1. The lowest BCUT2D eigenvalue weighted by Gasteiger charge is -2.34.